The Kier molecular flexibility index (Phi) is 5.62. The standard InChI is InChI=1S/C21H23FN4O2S/c1-13-20(29-14(2)23-13)21(27)26-8-6-15(12-26)19-11-17(24-25-19)7-9-28-18-5-3-4-16(22)10-18/h3-5,10-11,15H,6-9,12H2,1-2H3,(H,24,25)/t15-/m0/s1. The third-order valence-electron chi connectivity index (χ3n) is 5.08. The number of H-pyrrole nitrogens is 1. The van der Waals surface area contributed by atoms with Crippen LogP contribution in [0.2, 0.25) is 0 Å². The summed E-state index contributed by atoms with van der Waals surface area (Å²) in [5.41, 5.74) is 2.75. The molecular formula is C21H23FN4O2S. The molecule has 1 fully saturated rings. The topological polar surface area (TPSA) is 71.1 Å². The van der Waals surface area contributed by atoms with Gasteiger partial charge in [0.1, 0.15) is 16.4 Å². The Morgan fingerprint density at radius 2 is 2.24 bits per heavy atom. The highest BCUT2D eigenvalue weighted by Crippen LogP contribution is 2.29. The summed E-state index contributed by atoms with van der Waals surface area (Å²) >= 11 is 1.46. The summed E-state index contributed by atoms with van der Waals surface area (Å²) in [5.74, 6) is 0.496. The number of hydrogen-bond donors (Lipinski definition) is 1. The lowest BCUT2D eigenvalue weighted by Gasteiger charge is -2.15. The van der Waals surface area contributed by atoms with Crippen molar-refractivity contribution in [3.05, 3.63) is 63.1 Å². The molecule has 6 nitrogen and oxygen atoms in total. The molecule has 4 rings (SSSR count). The molecule has 0 bridgehead atoms. The Bertz CT molecular complexity index is 1020. The molecular weight excluding hydrogens is 391 g/mol. The van der Waals surface area contributed by atoms with E-state index in [1.807, 2.05) is 24.8 Å². The zero-order valence-electron chi connectivity index (χ0n) is 16.4. The minimum atomic E-state index is -0.310. The molecule has 3 heterocycles. The zero-order chi connectivity index (χ0) is 20.4. The highest BCUT2D eigenvalue weighted by atomic mass is 32.1. The van der Waals surface area contributed by atoms with Crippen LogP contribution in [0.4, 0.5) is 4.39 Å². The van der Waals surface area contributed by atoms with Gasteiger partial charge < -0.3 is 9.64 Å². The second kappa shape index (κ2) is 8.32. The van der Waals surface area contributed by atoms with Crippen molar-refractivity contribution in [2.24, 2.45) is 0 Å². The first kappa shape index (κ1) is 19.6. The van der Waals surface area contributed by atoms with Crippen LogP contribution in [0.1, 0.15) is 44.1 Å². The van der Waals surface area contributed by atoms with E-state index in [-0.39, 0.29) is 17.6 Å². The molecule has 1 amide bonds. The zero-order valence-corrected chi connectivity index (χ0v) is 17.3. The number of aryl methyl sites for hydroxylation is 2. The van der Waals surface area contributed by atoms with E-state index in [4.69, 9.17) is 4.74 Å². The van der Waals surface area contributed by atoms with Crippen molar-refractivity contribution in [3.63, 3.8) is 0 Å². The summed E-state index contributed by atoms with van der Waals surface area (Å²) in [7, 11) is 0. The second-order valence-electron chi connectivity index (χ2n) is 7.26. The van der Waals surface area contributed by atoms with Gasteiger partial charge in [0.25, 0.3) is 5.91 Å². The van der Waals surface area contributed by atoms with Gasteiger partial charge in [0, 0.05) is 37.2 Å². The molecule has 1 atom stereocenters. The van der Waals surface area contributed by atoms with E-state index in [0.717, 1.165) is 39.9 Å². The number of nitrogens with one attached hydrogen (secondary N) is 1. The molecule has 29 heavy (non-hydrogen) atoms. The number of amides is 1. The van der Waals surface area contributed by atoms with Crippen molar-refractivity contribution >= 4 is 17.2 Å². The summed E-state index contributed by atoms with van der Waals surface area (Å²) in [6.07, 6.45) is 1.55. The number of aromatic amines is 1. The number of aromatic nitrogens is 3. The van der Waals surface area contributed by atoms with E-state index in [0.29, 0.717) is 25.3 Å². The SMILES string of the molecule is Cc1nc(C)c(C(=O)N2CC[C@H](c3cc(CCOc4cccc(F)c4)[nH]n3)C2)s1. The largest absolute Gasteiger partial charge is 0.493 e. The van der Waals surface area contributed by atoms with Crippen LogP contribution in [0, 0.1) is 19.7 Å². The number of carbonyl (C=O) groups excluding carboxylic acids is 1. The molecule has 1 saturated heterocycles. The highest BCUT2D eigenvalue weighted by Gasteiger charge is 2.31. The van der Waals surface area contributed by atoms with E-state index >= 15 is 0 Å². The first-order valence-corrected chi connectivity index (χ1v) is 10.5. The van der Waals surface area contributed by atoms with Crippen molar-refractivity contribution in [2.75, 3.05) is 19.7 Å². The molecule has 0 saturated carbocycles. The fourth-order valence-corrected chi connectivity index (χ4v) is 4.50. The predicted octanol–water partition coefficient (Wildman–Crippen LogP) is 3.87. The molecule has 3 aromatic rings. The lowest BCUT2D eigenvalue weighted by molar-refractivity contribution is 0.0794. The maximum atomic E-state index is 13.2. The van der Waals surface area contributed by atoms with Gasteiger partial charge in [0.15, 0.2) is 0 Å². The molecule has 1 aliphatic rings. The van der Waals surface area contributed by atoms with Gasteiger partial charge >= 0.3 is 0 Å². The average molecular weight is 415 g/mol. The molecule has 2 aromatic heterocycles. The van der Waals surface area contributed by atoms with Crippen molar-refractivity contribution in [3.8, 4) is 5.75 Å². The van der Waals surface area contributed by atoms with Crippen molar-refractivity contribution < 1.29 is 13.9 Å². The molecule has 1 N–H and O–H groups in total. The molecule has 0 radical (unpaired) electrons. The fraction of sp³-hybridized carbons (Fsp3) is 0.381. The van der Waals surface area contributed by atoms with E-state index in [1.54, 1.807) is 12.1 Å². The number of hydrogen-bond acceptors (Lipinski definition) is 5. The van der Waals surface area contributed by atoms with E-state index in [2.05, 4.69) is 15.2 Å². The molecule has 1 aliphatic heterocycles. The van der Waals surface area contributed by atoms with Crippen LogP contribution >= 0.6 is 11.3 Å². The van der Waals surface area contributed by atoms with Gasteiger partial charge in [0.05, 0.1) is 23.0 Å². The first-order valence-electron chi connectivity index (χ1n) is 9.65. The number of benzene rings is 1. The molecule has 0 unspecified atom stereocenters. The summed E-state index contributed by atoms with van der Waals surface area (Å²) in [4.78, 5) is 19.8. The maximum absolute atomic E-state index is 13.2. The van der Waals surface area contributed by atoms with Crippen LogP contribution in [-0.4, -0.2) is 45.7 Å². The van der Waals surface area contributed by atoms with Crippen LogP contribution < -0.4 is 4.74 Å². The van der Waals surface area contributed by atoms with Gasteiger partial charge in [-0.15, -0.1) is 11.3 Å². The Labute approximate surface area is 172 Å². The molecule has 1 aromatic carbocycles. The molecule has 0 spiro atoms. The minimum absolute atomic E-state index is 0.0647. The van der Waals surface area contributed by atoms with Crippen LogP contribution in [0.5, 0.6) is 5.75 Å². The Hall–Kier alpha value is -2.74. The summed E-state index contributed by atoms with van der Waals surface area (Å²) < 4.78 is 18.8. The summed E-state index contributed by atoms with van der Waals surface area (Å²) in [6, 6.07) is 8.16. The Balaban J connectivity index is 1.31. The molecule has 152 valence electrons. The van der Waals surface area contributed by atoms with Crippen LogP contribution in [0.25, 0.3) is 0 Å². The van der Waals surface area contributed by atoms with Crippen LogP contribution in [0.3, 0.4) is 0 Å². The quantitative estimate of drug-likeness (QED) is 0.665. The van der Waals surface area contributed by atoms with Crippen molar-refractivity contribution in [2.45, 2.75) is 32.6 Å². The van der Waals surface area contributed by atoms with Crippen molar-refractivity contribution in [1.29, 1.82) is 0 Å². The van der Waals surface area contributed by atoms with Gasteiger partial charge in [-0.25, -0.2) is 9.37 Å². The van der Waals surface area contributed by atoms with E-state index in [1.165, 1.54) is 23.5 Å². The normalized spacial score (nSPS) is 16.4. The Morgan fingerprint density at radius 1 is 1.38 bits per heavy atom. The first-order chi connectivity index (χ1) is 14.0. The fourth-order valence-electron chi connectivity index (χ4n) is 3.61. The van der Waals surface area contributed by atoms with Crippen LogP contribution in [-0.2, 0) is 6.42 Å². The smallest absolute Gasteiger partial charge is 0.265 e. The minimum Gasteiger partial charge on any atom is -0.493 e. The van der Waals surface area contributed by atoms with Gasteiger partial charge in [-0.2, -0.15) is 5.10 Å². The third-order valence-corrected chi connectivity index (χ3v) is 6.14. The number of thiazole rings is 1. The number of halogens is 1. The molecule has 8 heteroatoms. The third kappa shape index (κ3) is 4.48. The highest BCUT2D eigenvalue weighted by molar-refractivity contribution is 7.13. The lowest BCUT2D eigenvalue weighted by Crippen LogP contribution is -2.28. The molecule has 0 aliphatic carbocycles. The van der Waals surface area contributed by atoms with E-state index in [9.17, 15) is 9.18 Å². The van der Waals surface area contributed by atoms with Crippen LogP contribution in [0.15, 0.2) is 30.3 Å². The van der Waals surface area contributed by atoms with Gasteiger partial charge in [0.2, 0.25) is 0 Å². The van der Waals surface area contributed by atoms with Crippen molar-refractivity contribution in [1.82, 2.24) is 20.1 Å². The predicted molar refractivity (Wildman–Crippen MR) is 109 cm³/mol. The number of rotatable bonds is 6. The number of likely N-dealkylation sites (tertiary alicyclic amines) is 1. The Morgan fingerprint density at radius 3 is 3.00 bits per heavy atom. The lowest BCUT2D eigenvalue weighted by atomic mass is 10.0. The summed E-state index contributed by atoms with van der Waals surface area (Å²) in [6.45, 7) is 5.63. The number of carbonyl (C=O) groups is 1. The van der Waals surface area contributed by atoms with E-state index < -0.39 is 0 Å². The van der Waals surface area contributed by atoms with Gasteiger partial charge in [-0.3, -0.25) is 9.89 Å². The monoisotopic (exact) mass is 414 g/mol. The second-order valence-corrected chi connectivity index (χ2v) is 8.46. The van der Waals surface area contributed by atoms with Gasteiger partial charge in [-0.05, 0) is 38.5 Å². The summed E-state index contributed by atoms with van der Waals surface area (Å²) in [5, 5.41) is 8.41. The average Bonchev–Trinajstić information content (AvgIpc) is 3.41. The maximum Gasteiger partial charge on any atom is 0.265 e. The number of nitrogens with zero attached hydrogens (tertiary/aromatic N) is 3. The number of ether oxygens (including phenoxy) is 1. The van der Waals surface area contributed by atoms with Gasteiger partial charge in [-0.1, -0.05) is 6.07 Å².